The van der Waals surface area contributed by atoms with E-state index in [1.165, 1.54) is 0 Å². The third kappa shape index (κ3) is 2.66. The molecule has 0 bridgehead atoms. The number of aliphatic hydroxyl groups is 1. The summed E-state index contributed by atoms with van der Waals surface area (Å²) in [5.74, 6) is 0.691. The van der Waals surface area contributed by atoms with E-state index in [1.807, 2.05) is 24.8 Å². The monoisotopic (exact) mass is 181 g/mol. The van der Waals surface area contributed by atoms with E-state index < -0.39 is 0 Å². The van der Waals surface area contributed by atoms with Gasteiger partial charge < -0.3 is 10.0 Å². The van der Waals surface area contributed by atoms with Crippen molar-refractivity contribution in [3.8, 4) is 0 Å². The molecule has 0 aliphatic carbocycles. The van der Waals surface area contributed by atoms with Crippen LogP contribution in [0.3, 0.4) is 0 Å². The Kier molecular flexibility index (Phi) is 3.64. The summed E-state index contributed by atoms with van der Waals surface area (Å²) in [5.41, 5.74) is 0.946. The van der Waals surface area contributed by atoms with Gasteiger partial charge in [-0.25, -0.2) is 9.97 Å². The Hall–Kier alpha value is -1.16. The third-order valence-corrected chi connectivity index (χ3v) is 1.82. The lowest BCUT2D eigenvalue weighted by atomic mass is 10.4. The Bertz CT molecular complexity index is 265. The summed E-state index contributed by atoms with van der Waals surface area (Å²) < 4.78 is 0. The van der Waals surface area contributed by atoms with E-state index in [4.69, 9.17) is 5.11 Å². The summed E-state index contributed by atoms with van der Waals surface area (Å²) in [5, 5.41) is 8.80. The van der Waals surface area contributed by atoms with Crippen LogP contribution < -0.4 is 4.90 Å². The van der Waals surface area contributed by atoms with Gasteiger partial charge in [0.1, 0.15) is 0 Å². The standard InChI is InChI=1S/C9H15N3O/c1-3-12(6-7-13)9-10-5-4-8(2)11-9/h4-5,13H,3,6-7H2,1-2H3. The van der Waals surface area contributed by atoms with Crippen LogP contribution in [0.1, 0.15) is 12.6 Å². The molecule has 0 atom stereocenters. The molecule has 1 rings (SSSR count). The van der Waals surface area contributed by atoms with E-state index in [2.05, 4.69) is 9.97 Å². The molecule has 0 spiro atoms. The Morgan fingerprint density at radius 2 is 2.31 bits per heavy atom. The van der Waals surface area contributed by atoms with Crippen LogP contribution in [0.2, 0.25) is 0 Å². The van der Waals surface area contributed by atoms with Gasteiger partial charge in [0.2, 0.25) is 5.95 Å². The summed E-state index contributed by atoms with van der Waals surface area (Å²) in [6.45, 7) is 5.47. The van der Waals surface area contributed by atoms with Gasteiger partial charge in [0.15, 0.2) is 0 Å². The molecule has 1 N–H and O–H groups in total. The van der Waals surface area contributed by atoms with E-state index in [1.54, 1.807) is 6.20 Å². The van der Waals surface area contributed by atoms with Crippen molar-refractivity contribution in [3.05, 3.63) is 18.0 Å². The maximum Gasteiger partial charge on any atom is 0.225 e. The zero-order chi connectivity index (χ0) is 9.68. The van der Waals surface area contributed by atoms with Crippen molar-refractivity contribution in [3.63, 3.8) is 0 Å². The maximum absolute atomic E-state index is 8.80. The van der Waals surface area contributed by atoms with E-state index in [0.29, 0.717) is 12.5 Å². The Balaban J connectivity index is 2.78. The van der Waals surface area contributed by atoms with Crippen LogP contribution >= 0.6 is 0 Å². The van der Waals surface area contributed by atoms with Gasteiger partial charge >= 0.3 is 0 Å². The van der Waals surface area contributed by atoms with Crippen molar-refractivity contribution in [1.82, 2.24) is 9.97 Å². The number of aryl methyl sites for hydroxylation is 1. The molecule has 0 saturated heterocycles. The number of anilines is 1. The van der Waals surface area contributed by atoms with Crippen LogP contribution in [0.25, 0.3) is 0 Å². The molecule has 0 saturated carbocycles. The van der Waals surface area contributed by atoms with Gasteiger partial charge in [-0.2, -0.15) is 0 Å². The molecule has 4 nitrogen and oxygen atoms in total. The lowest BCUT2D eigenvalue weighted by Crippen LogP contribution is -2.28. The average Bonchev–Trinajstić information content (AvgIpc) is 2.14. The lowest BCUT2D eigenvalue weighted by molar-refractivity contribution is 0.301. The summed E-state index contributed by atoms with van der Waals surface area (Å²) in [6, 6.07) is 1.86. The quantitative estimate of drug-likeness (QED) is 0.739. The van der Waals surface area contributed by atoms with E-state index in [9.17, 15) is 0 Å². The van der Waals surface area contributed by atoms with Gasteiger partial charge in [0.25, 0.3) is 0 Å². The maximum atomic E-state index is 8.80. The van der Waals surface area contributed by atoms with Crippen molar-refractivity contribution in [2.75, 3.05) is 24.6 Å². The lowest BCUT2D eigenvalue weighted by Gasteiger charge is -2.19. The van der Waals surface area contributed by atoms with Gasteiger partial charge in [-0.05, 0) is 19.9 Å². The van der Waals surface area contributed by atoms with Crippen LogP contribution in [0, 0.1) is 6.92 Å². The topological polar surface area (TPSA) is 49.2 Å². The predicted molar refractivity (Wildman–Crippen MR) is 51.7 cm³/mol. The van der Waals surface area contributed by atoms with Crippen LogP contribution in [0.4, 0.5) is 5.95 Å². The van der Waals surface area contributed by atoms with E-state index in [-0.39, 0.29) is 6.61 Å². The minimum Gasteiger partial charge on any atom is -0.395 e. The van der Waals surface area contributed by atoms with Gasteiger partial charge in [-0.3, -0.25) is 0 Å². The molecule has 0 aliphatic rings. The molecule has 0 aliphatic heterocycles. The number of aromatic nitrogens is 2. The van der Waals surface area contributed by atoms with E-state index >= 15 is 0 Å². The molecule has 13 heavy (non-hydrogen) atoms. The van der Waals surface area contributed by atoms with Gasteiger partial charge in [-0.1, -0.05) is 0 Å². The summed E-state index contributed by atoms with van der Waals surface area (Å²) in [7, 11) is 0. The second-order valence-electron chi connectivity index (χ2n) is 2.80. The second kappa shape index (κ2) is 4.77. The molecule has 0 unspecified atom stereocenters. The SMILES string of the molecule is CCN(CCO)c1nccc(C)n1. The largest absolute Gasteiger partial charge is 0.395 e. The third-order valence-electron chi connectivity index (χ3n) is 1.82. The number of hydrogen-bond acceptors (Lipinski definition) is 4. The first-order valence-electron chi connectivity index (χ1n) is 4.43. The molecule has 1 aromatic heterocycles. The van der Waals surface area contributed by atoms with Crippen LogP contribution in [-0.4, -0.2) is 34.8 Å². The van der Waals surface area contributed by atoms with Crippen LogP contribution in [0.15, 0.2) is 12.3 Å². The molecule has 72 valence electrons. The molecule has 4 heteroatoms. The first-order chi connectivity index (χ1) is 6.27. The molecular formula is C9H15N3O. The molecule has 1 aromatic rings. The summed E-state index contributed by atoms with van der Waals surface area (Å²) in [6.07, 6.45) is 1.73. The highest BCUT2D eigenvalue weighted by molar-refractivity contribution is 5.29. The number of nitrogens with zero attached hydrogens (tertiary/aromatic N) is 3. The summed E-state index contributed by atoms with van der Waals surface area (Å²) in [4.78, 5) is 10.3. The van der Waals surface area contributed by atoms with Crippen molar-refractivity contribution < 1.29 is 5.11 Å². The number of aliphatic hydroxyl groups excluding tert-OH is 1. The van der Waals surface area contributed by atoms with Gasteiger partial charge in [-0.15, -0.1) is 0 Å². The molecule has 0 radical (unpaired) electrons. The minimum atomic E-state index is 0.130. The molecule has 0 aromatic carbocycles. The zero-order valence-corrected chi connectivity index (χ0v) is 8.06. The molecule has 0 amide bonds. The van der Waals surface area contributed by atoms with Crippen LogP contribution in [-0.2, 0) is 0 Å². The van der Waals surface area contributed by atoms with Gasteiger partial charge in [0, 0.05) is 25.0 Å². The molecule has 1 heterocycles. The highest BCUT2D eigenvalue weighted by Gasteiger charge is 2.05. The molecule has 0 fully saturated rings. The van der Waals surface area contributed by atoms with Crippen molar-refractivity contribution in [2.45, 2.75) is 13.8 Å². The van der Waals surface area contributed by atoms with Gasteiger partial charge in [0.05, 0.1) is 6.61 Å². The Labute approximate surface area is 78.2 Å². The Morgan fingerprint density at radius 3 is 2.85 bits per heavy atom. The van der Waals surface area contributed by atoms with Crippen molar-refractivity contribution >= 4 is 5.95 Å². The van der Waals surface area contributed by atoms with Crippen LogP contribution in [0.5, 0.6) is 0 Å². The van der Waals surface area contributed by atoms with Crippen molar-refractivity contribution in [1.29, 1.82) is 0 Å². The summed E-state index contributed by atoms with van der Waals surface area (Å²) >= 11 is 0. The minimum absolute atomic E-state index is 0.130. The fraction of sp³-hybridized carbons (Fsp3) is 0.556. The number of likely N-dealkylation sites (N-methyl/N-ethyl adjacent to an activating group) is 1. The van der Waals surface area contributed by atoms with E-state index in [0.717, 1.165) is 12.2 Å². The first kappa shape index (κ1) is 9.92. The predicted octanol–water partition coefficient (Wildman–Crippen LogP) is 0.604. The van der Waals surface area contributed by atoms with Crippen molar-refractivity contribution in [2.24, 2.45) is 0 Å². The average molecular weight is 181 g/mol. The number of rotatable bonds is 4. The normalized spacial score (nSPS) is 10.1. The fourth-order valence-corrected chi connectivity index (χ4v) is 1.11. The fourth-order valence-electron chi connectivity index (χ4n) is 1.11. The first-order valence-corrected chi connectivity index (χ1v) is 4.43. The highest BCUT2D eigenvalue weighted by Crippen LogP contribution is 2.05. The Morgan fingerprint density at radius 1 is 1.54 bits per heavy atom. The molecular weight excluding hydrogens is 166 g/mol. The number of hydrogen-bond donors (Lipinski definition) is 1. The second-order valence-corrected chi connectivity index (χ2v) is 2.80. The highest BCUT2D eigenvalue weighted by atomic mass is 16.3. The zero-order valence-electron chi connectivity index (χ0n) is 8.06. The smallest absolute Gasteiger partial charge is 0.225 e.